The zero-order chi connectivity index (χ0) is 12.9. The first-order valence-corrected chi connectivity index (χ1v) is 6.16. The Bertz CT molecular complexity index is 753. The van der Waals surface area contributed by atoms with Crippen LogP contribution in [0.4, 0.5) is 0 Å². The molecule has 0 fully saturated rings. The molecule has 2 aromatic carbocycles. The molecule has 2 nitrogen and oxygen atoms in total. The normalized spacial score (nSPS) is 11.3. The number of aromatic nitrogens is 1. The van der Waals surface area contributed by atoms with Crippen LogP contribution in [0.3, 0.4) is 0 Å². The van der Waals surface area contributed by atoms with Crippen LogP contribution in [0.2, 0.25) is 0 Å². The van der Waals surface area contributed by atoms with Gasteiger partial charge in [-0.1, -0.05) is 12.1 Å². The number of methoxy groups -OCH3 is 1. The van der Waals surface area contributed by atoms with E-state index >= 15 is 0 Å². The van der Waals surface area contributed by atoms with Crippen LogP contribution in [-0.2, 0) is 7.05 Å². The van der Waals surface area contributed by atoms with Gasteiger partial charge in [0, 0.05) is 23.3 Å². The minimum atomic E-state index is 0.913. The maximum Gasteiger partial charge on any atom is 0.119 e. The minimum Gasteiger partial charge on any atom is -0.497 e. The highest BCUT2D eigenvalue weighted by Crippen LogP contribution is 2.34. The third-order valence-corrected chi connectivity index (χ3v) is 3.76. The molecule has 3 aromatic rings. The number of rotatable bonds is 1. The van der Waals surface area contributed by atoms with Gasteiger partial charge in [-0.2, -0.15) is 0 Å². The lowest BCUT2D eigenvalue weighted by atomic mass is 10.0. The van der Waals surface area contributed by atoms with E-state index in [2.05, 4.69) is 49.7 Å². The van der Waals surface area contributed by atoms with Gasteiger partial charge in [0.25, 0.3) is 0 Å². The monoisotopic (exact) mass is 239 g/mol. The van der Waals surface area contributed by atoms with Gasteiger partial charge in [-0.15, -0.1) is 0 Å². The second-order valence-electron chi connectivity index (χ2n) is 4.87. The van der Waals surface area contributed by atoms with Crippen LogP contribution < -0.4 is 4.74 Å². The number of nitrogens with zero attached hydrogens (tertiary/aromatic N) is 1. The second kappa shape index (κ2) is 3.77. The standard InChI is InChI=1S/C16H17NO/c1-10-5-6-11(2)16-15(10)13-9-12(18-4)7-8-14(13)17(16)3/h5-9H,1-4H3. The summed E-state index contributed by atoms with van der Waals surface area (Å²) in [6.07, 6.45) is 0. The summed E-state index contributed by atoms with van der Waals surface area (Å²) in [5, 5.41) is 2.61. The fourth-order valence-electron chi connectivity index (χ4n) is 2.82. The predicted octanol–water partition coefficient (Wildman–Crippen LogP) is 3.96. The molecular formula is C16H17NO. The molecule has 0 atom stereocenters. The molecule has 0 aliphatic heterocycles. The van der Waals surface area contributed by atoms with Crippen LogP contribution in [0.15, 0.2) is 30.3 Å². The van der Waals surface area contributed by atoms with E-state index in [1.165, 1.54) is 32.9 Å². The number of hydrogen-bond acceptors (Lipinski definition) is 1. The highest BCUT2D eigenvalue weighted by atomic mass is 16.5. The van der Waals surface area contributed by atoms with Gasteiger partial charge in [-0.25, -0.2) is 0 Å². The predicted molar refractivity (Wildman–Crippen MR) is 76.5 cm³/mol. The van der Waals surface area contributed by atoms with Crippen molar-refractivity contribution in [3.63, 3.8) is 0 Å². The van der Waals surface area contributed by atoms with Crippen molar-refractivity contribution in [3.05, 3.63) is 41.5 Å². The summed E-state index contributed by atoms with van der Waals surface area (Å²) in [5.74, 6) is 0.913. The molecule has 92 valence electrons. The Morgan fingerprint density at radius 3 is 2.44 bits per heavy atom. The third kappa shape index (κ3) is 1.35. The molecule has 0 unspecified atom stereocenters. The SMILES string of the molecule is COc1ccc2c(c1)c1c(C)ccc(C)c1n2C. The number of aryl methyl sites for hydroxylation is 3. The molecule has 2 heteroatoms. The quantitative estimate of drug-likeness (QED) is 0.627. The first kappa shape index (κ1) is 11.1. The van der Waals surface area contributed by atoms with Gasteiger partial charge in [-0.3, -0.25) is 0 Å². The molecule has 0 bridgehead atoms. The lowest BCUT2D eigenvalue weighted by molar-refractivity contribution is 0.415. The number of hydrogen-bond donors (Lipinski definition) is 0. The Hall–Kier alpha value is -1.96. The molecule has 1 heterocycles. The van der Waals surface area contributed by atoms with Crippen LogP contribution in [0.25, 0.3) is 21.8 Å². The number of benzene rings is 2. The van der Waals surface area contributed by atoms with Crippen molar-refractivity contribution < 1.29 is 4.74 Å². The van der Waals surface area contributed by atoms with Crippen molar-refractivity contribution in [2.24, 2.45) is 7.05 Å². The van der Waals surface area contributed by atoms with E-state index in [0.29, 0.717) is 0 Å². The maximum absolute atomic E-state index is 5.34. The Labute approximate surface area is 107 Å². The van der Waals surface area contributed by atoms with E-state index in [0.717, 1.165) is 5.75 Å². The van der Waals surface area contributed by atoms with Crippen molar-refractivity contribution in [2.45, 2.75) is 13.8 Å². The fraction of sp³-hybridized carbons (Fsp3) is 0.250. The van der Waals surface area contributed by atoms with E-state index in [1.807, 2.05) is 6.07 Å². The molecule has 0 aliphatic carbocycles. The van der Waals surface area contributed by atoms with Crippen LogP contribution in [-0.4, -0.2) is 11.7 Å². The average Bonchev–Trinajstić information content (AvgIpc) is 2.68. The molecule has 0 spiro atoms. The van der Waals surface area contributed by atoms with Crippen LogP contribution >= 0.6 is 0 Å². The van der Waals surface area contributed by atoms with Crippen molar-refractivity contribution in [3.8, 4) is 5.75 Å². The van der Waals surface area contributed by atoms with Gasteiger partial charge >= 0.3 is 0 Å². The molecule has 0 N–H and O–H groups in total. The van der Waals surface area contributed by atoms with E-state index in [1.54, 1.807) is 7.11 Å². The number of ether oxygens (including phenoxy) is 1. The molecule has 0 saturated carbocycles. The van der Waals surface area contributed by atoms with Crippen LogP contribution in [0.1, 0.15) is 11.1 Å². The molecule has 0 aliphatic rings. The molecule has 18 heavy (non-hydrogen) atoms. The Morgan fingerprint density at radius 2 is 1.72 bits per heavy atom. The summed E-state index contributed by atoms with van der Waals surface area (Å²) in [7, 11) is 3.84. The third-order valence-electron chi connectivity index (χ3n) is 3.76. The van der Waals surface area contributed by atoms with Crippen molar-refractivity contribution in [1.29, 1.82) is 0 Å². The van der Waals surface area contributed by atoms with Crippen LogP contribution in [0.5, 0.6) is 5.75 Å². The molecule has 0 saturated heterocycles. The van der Waals surface area contributed by atoms with Gasteiger partial charge < -0.3 is 9.30 Å². The summed E-state index contributed by atoms with van der Waals surface area (Å²) < 4.78 is 7.61. The summed E-state index contributed by atoms with van der Waals surface area (Å²) in [5.41, 5.74) is 5.20. The molecule has 1 aromatic heterocycles. The van der Waals surface area contributed by atoms with E-state index in [-0.39, 0.29) is 0 Å². The molecule has 0 amide bonds. The molecular weight excluding hydrogens is 222 g/mol. The highest BCUT2D eigenvalue weighted by Gasteiger charge is 2.12. The van der Waals surface area contributed by atoms with Crippen molar-refractivity contribution in [2.75, 3.05) is 7.11 Å². The highest BCUT2D eigenvalue weighted by molar-refractivity contribution is 6.11. The largest absolute Gasteiger partial charge is 0.497 e. The fourth-order valence-corrected chi connectivity index (χ4v) is 2.82. The van der Waals surface area contributed by atoms with E-state index in [9.17, 15) is 0 Å². The molecule has 0 radical (unpaired) electrons. The summed E-state index contributed by atoms with van der Waals surface area (Å²) >= 11 is 0. The average molecular weight is 239 g/mol. The van der Waals surface area contributed by atoms with Gasteiger partial charge in [0.15, 0.2) is 0 Å². The first-order valence-electron chi connectivity index (χ1n) is 6.16. The summed E-state index contributed by atoms with van der Waals surface area (Å²) in [4.78, 5) is 0. The first-order chi connectivity index (χ1) is 8.63. The Balaban J connectivity index is 2.59. The minimum absolute atomic E-state index is 0.913. The van der Waals surface area contributed by atoms with Crippen molar-refractivity contribution >= 4 is 21.8 Å². The summed E-state index contributed by atoms with van der Waals surface area (Å²) in [6, 6.07) is 10.7. The van der Waals surface area contributed by atoms with Gasteiger partial charge in [0.05, 0.1) is 12.6 Å². The lowest BCUT2D eigenvalue weighted by Crippen LogP contribution is -1.89. The van der Waals surface area contributed by atoms with Gasteiger partial charge in [0.1, 0.15) is 5.75 Å². The Kier molecular flexibility index (Phi) is 2.34. The molecule has 3 rings (SSSR count). The lowest BCUT2D eigenvalue weighted by Gasteiger charge is -2.03. The second-order valence-corrected chi connectivity index (χ2v) is 4.87. The Morgan fingerprint density at radius 1 is 1.00 bits per heavy atom. The zero-order valence-electron chi connectivity index (χ0n) is 11.2. The van der Waals surface area contributed by atoms with E-state index < -0.39 is 0 Å². The van der Waals surface area contributed by atoms with E-state index in [4.69, 9.17) is 4.74 Å². The zero-order valence-corrected chi connectivity index (χ0v) is 11.2. The van der Waals surface area contributed by atoms with Gasteiger partial charge in [0.2, 0.25) is 0 Å². The summed E-state index contributed by atoms with van der Waals surface area (Å²) in [6.45, 7) is 4.33. The van der Waals surface area contributed by atoms with Crippen molar-refractivity contribution in [1.82, 2.24) is 4.57 Å². The maximum atomic E-state index is 5.34. The topological polar surface area (TPSA) is 14.2 Å². The van der Waals surface area contributed by atoms with Gasteiger partial charge in [-0.05, 0) is 43.2 Å². The number of fused-ring (bicyclic) bond motifs is 3. The van der Waals surface area contributed by atoms with Crippen LogP contribution in [0, 0.1) is 13.8 Å². The smallest absolute Gasteiger partial charge is 0.119 e.